The number of piperidine rings is 1. The standard InChI is InChI=1S/C19H30N2O.C2H2O4/c1-15-4-6-18(7-5-15)14-20-10-8-19(9-11-20)21-12-16(2)22-17(3)13-21;3-1(4)2(5)6/h4-7,16-17,19H,8-14H2,1-3H3;(H,3,4)(H,5,6). The summed E-state index contributed by atoms with van der Waals surface area (Å²) in [6.45, 7) is 12.3. The first-order valence-electron chi connectivity index (χ1n) is 9.88. The number of aliphatic carboxylic acids is 2. The van der Waals surface area contributed by atoms with E-state index in [1.54, 1.807) is 0 Å². The molecule has 2 unspecified atom stereocenters. The second-order valence-corrected chi connectivity index (χ2v) is 7.81. The number of aryl methyl sites for hydroxylation is 1. The van der Waals surface area contributed by atoms with E-state index in [4.69, 9.17) is 24.5 Å². The zero-order valence-electron chi connectivity index (χ0n) is 17.0. The average molecular weight is 392 g/mol. The summed E-state index contributed by atoms with van der Waals surface area (Å²) in [6, 6.07) is 9.74. The zero-order chi connectivity index (χ0) is 20.7. The normalized spacial score (nSPS) is 24.2. The fourth-order valence-electron chi connectivity index (χ4n) is 3.91. The van der Waals surface area contributed by atoms with Gasteiger partial charge in [-0.25, -0.2) is 9.59 Å². The molecule has 2 heterocycles. The van der Waals surface area contributed by atoms with Crippen LogP contribution in [0.2, 0.25) is 0 Å². The van der Waals surface area contributed by atoms with E-state index in [1.165, 1.54) is 37.1 Å². The Labute approximate surface area is 166 Å². The molecular weight excluding hydrogens is 360 g/mol. The first-order valence-corrected chi connectivity index (χ1v) is 9.88. The van der Waals surface area contributed by atoms with Crippen LogP contribution in [-0.4, -0.2) is 76.4 Å². The SMILES string of the molecule is Cc1ccc(CN2CCC(N3CC(C)OC(C)C3)CC2)cc1.O=C(O)C(=O)O. The number of carbonyl (C=O) groups is 2. The van der Waals surface area contributed by atoms with Gasteiger partial charge in [-0.15, -0.1) is 0 Å². The first-order chi connectivity index (χ1) is 13.2. The second kappa shape index (κ2) is 10.5. The van der Waals surface area contributed by atoms with E-state index in [2.05, 4.69) is 54.8 Å². The van der Waals surface area contributed by atoms with Gasteiger partial charge in [0, 0.05) is 25.7 Å². The molecule has 7 nitrogen and oxygen atoms in total. The molecule has 2 atom stereocenters. The van der Waals surface area contributed by atoms with E-state index in [0.717, 1.165) is 25.7 Å². The molecule has 0 aliphatic carbocycles. The summed E-state index contributed by atoms with van der Waals surface area (Å²) in [5.74, 6) is -3.65. The maximum atomic E-state index is 9.10. The van der Waals surface area contributed by atoms with E-state index in [1.807, 2.05) is 0 Å². The Kier molecular flexibility index (Phi) is 8.41. The van der Waals surface area contributed by atoms with Gasteiger partial charge in [-0.2, -0.15) is 0 Å². The molecule has 2 aliphatic heterocycles. The van der Waals surface area contributed by atoms with Crippen molar-refractivity contribution >= 4 is 11.9 Å². The summed E-state index contributed by atoms with van der Waals surface area (Å²) in [5.41, 5.74) is 2.79. The van der Waals surface area contributed by atoms with Gasteiger partial charge in [0.15, 0.2) is 0 Å². The van der Waals surface area contributed by atoms with E-state index in [-0.39, 0.29) is 0 Å². The first kappa shape index (κ1) is 22.3. The summed E-state index contributed by atoms with van der Waals surface area (Å²) in [4.78, 5) is 23.5. The monoisotopic (exact) mass is 392 g/mol. The van der Waals surface area contributed by atoms with Crippen molar-refractivity contribution in [3.05, 3.63) is 35.4 Å². The quantitative estimate of drug-likeness (QED) is 0.762. The van der Waals surface area contributed by atoms with Crippen molar-refractivity contribution < 1.29 is 24.5 Å². The minimum atomic E-state index is -1.82. The lowest BCUT2D eigenvalue weighted by molar-refractivity contribution is -0.159. The van der Waals surface area contributed by atoms with E-state index in [9.17, 15) is 0 Å². The molecule has 0 bridgehead atoms. The highest BCUT2D eigenvalue weighted by Gasteiger charge is 2.30. The molecule has 2 aliphatic rings. The Morgan fingerprint density at radius 3 is 1.96 bits per heavy atom. The lowest BCUT2D eigenvalue weighted by Gasteiger charge is -2.43. The van der Waals surface area contributed by atoms with Crippen molar-refractivity contribution in [1.29, 1.82) is 0 Å². The van der Waals surface area contributed by atoms with Gasteiger partial charge in [0.05, 0.1) is 12.2 Å². The lowest BCUT2D eigenvalue weighted by atomic mass is 10.0. The van der Waals surface area contributed by atoms with Gasteiger partial charge >= 0.3 is 11.9 Å². The molecule has 2 fully saturated rings. The predicted octanol–water partition coefficient (Wildman–Crippen LogP) is 2.22. The van der Waals surface area contributed by atoms with Crippen LogP contribution in [0.5, 0.6) is 0 Å². The van der Waals surface area contributed by atoms with Crippen molar-refractivity contribution in [2.24, 2.45) is 0 Å². The van der Waals surface area contributed by atoms with Crippen LogP contribution < -0.4 is 0 Å². The van der Waals surface area contributed by atoms with Crippen LogP contribution in [0.15, 0.2) is 24.3 Å². The number of nitrogens with zero attached hydrogens (tertiary/aromatic N) is 2. The van der Waals surface area contributed by atoms with Crippen LogP contribution in [0.3, 0.4) is 0 Å². The average Bonchev–Trinajstić information content (AvgIpc) is 2.64. The summed E-state index contributed by atoms with van der Waals surface area (Å²) in [5, 5.41) is 14.8. The third-order valence-corrected chi connectivity index (χ3v) is 5.23. The molecule has 0 saturated carbocycles. The topological polar surface area (TPSA) is 90.3 Å². The van der Waals surface area contributed by atoms with E-state index < -0.39 is 11.9 Å². The van der Waals surface area contributed by atoms with Crippen molar-refractivity contribution in [2.75, 3.05) is 26.2 Å². The number of ether oxygens (including phenoxy) is 1. The summed E-state index contributed by atoms with van der Waals surface area (Å²) >= 11 is 0. The number of hydrogen-bond donors (Lipinski definition) is 2. The smallest absolute Gasteiger partial charge is 0.414 e. The largest absolute Gasteiger partial charge is 0.473 e. The van der Waals surface area contributed by atoms with Crippen LogP contribution in [0.1, 0.15) is 37.8 Å². The summed E-state index contributed by atoms with van der Waals surface area (Å²) < 4.78 is 5.86. The molecule has 2 N–H and O–H groups in total. The Hall–Kier alpha value is -1.96. The minimum absolute atomic E-state index is 0.384. The third kappa shape index (κ3) is 7.22. The Morgan fingerprint density at radius 2 is 1.50 bits per heavy atom. The van der Waals surface area contributed by atoms with Gasteiger partial charge in [-0.3, -0.25) is 9.80 Å². The van der Waals surface area contributed by atoms with Gasteiger partial charge in [-0.1, -0.05) is 29.8 Å². The zero-order valence-corrected chi connectivity index (χ0v) is 17.0. The minimum Gasteiger partial charge on any atom is -0.473 e. The maximum absolute atomic E-state index is 9.10. The molecule has 1 aromatic carbocycles. The van der Waals surface area contributed by atoms with Crippen LogP contribution >= 0.6 is 0 Å². The third-order valence-electron chi connectivity index (χ3n) is 5.23. The van der Waals surface area contributed by atoms with Gasteiger partial charge in [-0.05, 0) is 52.3 Å². The van der Waals surface area contributed by atoms with Crippen molar-refractivity contribution in [3.63, 3.8) is 0 Å². The fourth-order valence-corrected chi connectivity index (χ4v) is 3.91. The highest BCUT2D eigenvalue weighted by Crippen LogP contribution is 2.22. The highest BCUT2D eigenvalue weighted by atomic mass is 16.5. The van der Waals surface area contributed by atoms with Crippen LogP contribution in [0.4, 0.5) is 0 Å². The van der Waals surface area contributed by atoms with Crippen LogP contribution in [0, 0.1) is 6.92 Å². The number of rotatable bonds is 3. The maximum Gasteiger partial charge on any atom is 0.414 e. The fraction of sp³-hybridized carbons (Fsp3) is 0.619. The van der Waals surface area contributed by atoms with Crippen molar-refractivity contribution in [1.82, 2.24) is 9.80 Å². The number of hydrogen-bond acceptors (Lipinski definition) is 5. The van der Waals surface area contributed by atoms with Crippen LogP contribution in [-0.2, 0) is 20.9 Å². The molecule has 28 heavy (non-hydrogen) atoms. The second-order valence-electron chi connectivity index (χ2n) is 7.81. The Balaban J connectivity index is 0.000000409. The van der Waals surface area contributed by atoms with Gasteiger partial charge in [0.25, 0.3) is 0 Å². The molecule has 3 rings (SSSR count). The Morgan fingerprint density at radius 1 is 1.00 bits per heavy atom. The van der Waals surface area contributed by atoms with E-state index >= 15 is 0 Å². The molecule has 2 saturated heterocycles. The van der Waals surface area contributed by atoms with Gasteiger partial charge < -0.3 is 14.9 Å². The molecule has 156 valence electrons. The molecule has 1 aromatic rings. The summed E-state index contributed by atoms with van der Waals surface area (Å²) in [7, 11) is 0. The van der Waals surface area contributed by atoms with Gasteiger partial charge in [0.1, 0.15) is 0 Å². The van der Waals surface area contributed by atoms with Crippen molar-refractivity contribution in [3.8, 4) is 0 Å². The summed E-state index contributed by atoms with van der Waals surface area (Å²) in [6.07, 6.45) is 3.36. The molecule has 0 aromatic heterocycles. The Bertz CT molecular complexity index is 619. The molecule has 0 radical (unpaired) electrons. The lowest BCUT2D eigenvalue weighted by Crippen LogP contribution is -2.53. The van der Waals surface area contributed by atoms with E-state index in [0.29, 0.717) is 12.2 Å². The number of carboxylic acid groups (broad SMARTS) is 2. The van der Waals surface area contributed by atoms with Crippen molar-refractivity contribution in [2.45, 2.75) is 58.4 Å². The number of carboxylic acids is 2. The molecule has 0 amide bonds. The highest BCUT2D eigenvalue weighted by molar-refractivity contribution is 6.27. The number of benzene rings is 1. The number of morpholine rings is 1. The van der Waals surface area contributed by atoms with Gasteiger partial charge in [0.2, 0.25) is 0 Å². The molecule has 0 spiro atoms. The molecular formula is C21H32N2O5. The predicted molar refractivity (Wildman–Crippen MR) is 106 cm³/mol. The number of likely N-dealkylation sites (tertiary alicyclic amines) is 1. The molecule has 7 heteroatoms. The van der Waals surface area contributed by atoms with Crippen LogP contribution in [0.25, 0.3) is 0 Å².